The lowest BCUT2D eigenvalue weighted by molar-refractivity contribution is -0.133. The van der Waals surface area contributed by atoms with Crippen LogP contribution < -0.4 is 20.0 Å². The lowest BCUT2D eigenvalue weighted by atomic mass is 10.1. The summed E-state index contributed by atoms with van der Waals surface area (Å²) in [5.74, 6) is 4.59. The van der Waals surface area contributed by atoms with E-state index in [0.717, 1.165) is 9.99 Å². The second kappa shape index (κ2) is 10.8. The minimum Gasteiger partial charge on any atom is -0.481 e. The molecule has 1 aliphatic heterocycles. The van der Waals surface area contributed by atoms with Crippen molar-refractivity contribution in [1.29, 1.82) is 0 Å². The largest absolute Gasteiger partial charge is 0.481 e. The number of ether oxygens (including phenoxy) is 1. The van der Waals surface area contributed by atoms with Crippen LogP contribution in [0.2, 0.25) is 0 Å². The molecule has 0 saturated heterocycles. The Bertz CT molecular complexity index is 1270. The standard InChI is InChI=1S/C24H28N4O6S/c1-5-6-13-34-20-8-10-21(11-9-20)35(32,33)28-15-18-14-19(26(3)4)7-12-22(18)27(17(2)29)16-23(28)24(30)25-31/h7-12,14,23,31H,13,15-16H2,1-4H3,(H,25,30). The number of nitrogens with zero attached hydrogens (tertiary/aromatic N) is 3. The Morgan fingerprint density at radius 3 is 2.46 bits per heavy atom. The van der Waals surface area contributed by atoms with Gasteiger partial charge in [-0.15, -0.1) is 5.92 Å². The zero-order valence-electron chi connectivity index (χ0n) is 20.0. The normalized spacial score (nSPS) is 15.8. The highest BCUT2D eigenvalue weighted by atomic mass is 32.2. The van der Waals surface area contributed by atoms with Crippen LogP contribution in [0.5, 0.6) is 5.75 Å². The van der Waals surface area contributed by atoms with E-state index >= 15 is 0 Å². The Balaban J connectivity index is 2.09. The molecule has 2 aromatic rings. The molecule has 186 valence electrons. The summed E-state index contributed by atoms with van der Waals surface area (Å²) in [6, 6.07) is 9.69. The zero-order valence-corrected chi connectivity index (χ0v) is 20.8. The second-order valence-corrected chi connectivity index (χ2v) is 9.96. The molecule has 11 heteroatoms. The van der Waals surface area contributed by atoms with Gasteiger partial charge in [0.2, 0.25) is 15.9 Å². The molecular weight excluding hydrogens is 472 g/mol. The van der Waals surface area contributed by atoms with Crippen molar-refractivity contribution in [2.75, 3.05) is 37.0 Å². The van der Waals surface area contributed by atoms with Crippen molar-refractivity contribution in [3.8, 4) is 17.6 Å². The van der Waals surface area contributed by atoms with E-state index in [1.807, 2.05) is 25.1 Å². The number of hydrogen-bond donors (Lipinski definition) is 2. The Labute approximate surface area is 205 Å². The second-order valence-electron chi connectivity index (χ2n) is 8.07. The van der Waals surface area contributed by atoms with E-state index in [-0.39, 0.29) is 30.5 Å². The van der Waals surface area contributed by atoms with Crippen molar-refractivity contribution in [3.63, 3.8) is 0 Å². The first-order valence-corrected chi connectivity index (χ1v) is 12.2. The summed E-state index contributed by atoms with van der Waals surface area (Å²) >= 11 is 0. The van der Waals surface area contributed by atoms with Crippen LogP contribution in [-0.2, 0) is 26.2 Å². The van der Waals surface area contributed by atoms with Crippen LogP contribution in [-0.4, -0.2) is 63.0 Å². The van der Waals surface area contributed by atoms with Gasteiger partial charge in [0.15, 0.2) is 0 Å². The molecule has 3 rings (SSSR count). The van der Waals surface area contributed by atoms with Gasteiger partial charge in [0.25, 0.3) is 5.91 Å². The van der Waals surface area contributed by atoms with Crippen LogP contribution in [0.4, 0.5) is 11.4 Å². The van der Waals surface area contributed by atoms with Gasteiger partial charge in [0.1, 0.15) is 18.4 Å². The van der Waals surface area contributed by atoms with Gasteiger partial charge in [-0.2, -0.15) is 4.31 Å². The lowest BCUT2D eigenvalue weighted by Gasteiger charge is -2.29. The van der Waals surface area contributed by atoms with E-state index in [4.69, 9.17) is 4.74 Å². The number of benzene rings is 2. The fraction of sp³-hybridized carbons (Fsp3) is 0.333. The van der Waals surface area contributed by atoms with Crippen LogP contribution in [0.1, 0.15) is 19.4 Å². The SMILES string of the molecule is CC#CCOc1ccc(S(=O)(=O)N2Cc3cc(N(C)C)ccc3N(C(C)=O)CC2C(=O)NO)cc1. The van der Waals surface area contributed by atoms with Crippen molar-refractivity contribution >= 4 is 33.2 Å². The Kier molecular flexibility index (Phi) is 8.01. The molecule has 1 unspecified atom stereocenters. The minimum absolute atomic E-state index is 0.0660. The Hall–Kier alpha value is -3.59. The number of carbonyl (C=O) groups excluding carboxylic acids is 2. The smallest absolute Gasteiger partial charge is 0.263 e. The third-order valence-corrected chi connectivity index (χ3v) is 7.48. The molecule has 35 heavy (non-hydrogen) atoms. The van der Waals surface area contributed by atoms with Crippen LogP contribution in [0.15, 0.2) is 47.4 Å². The predicted octanol–water partition coefficient (Wildman–Crippen LogP) is 1.59. The summed E-state index contributed by atoms with van der Waals surface area (Å²) in [6.07, 6.45) is 0. The zero-order chi connectivity index (χ0) is 25.8. The minimum atomic E-state index is -4.23. The number of rotatable bonds is 6. The highest BCUT2D eigenvalue weighted by Crippen LogP contribution is 2.34. The Morgan fingerprint density at radius 1 is 1.20 bits per heavy atom. The molecule has 1 heterocycles. The summed E-state index contributed by atoms with van der Waals surface area (Å²) in [6.45, 7) is 2.73. The number of hydroxylamine groups is 1. The number of sulfonamides is 1. The average Bonchev–Trinajstić information content (AvgIpc) is 3.01. The molecule has 0 bridgehead atoms. The maximum Gasteiger partial charge on any atom is 0.263 e. The van der Waals surface area contributed by atoms with Gasteiger partial charge >= 0.3 is 0 Å². The summed E-state index contributed by atoms with van der Waals surface area (Å²) < 4.78 is 33.9. The first kappa shape index (κ1) is 26.0. The van der Waals surface area contributed by atoms with Crippen LogP contribution in [0.25, 0.3) is 0 Å². The van der Waals surface area contributed by atoms with Gasteiger partial charge < -0.3 is 14.5 Å². The van der Waals surface area contributed by atoms with Crippen molar-refractivity contribution in [2.45, 2.75) is 31.3 Å². The number of anilines is 2. The third kappa shape index (κ3) is 5.57. The fourth-order valence-electron chi connectivity index (χ4n) is 3.75. The molecule has 0 radical (unpaired) electrons. The highest BCUT2D eigenvalue weighted by Gasteiger charge is 2.41. The van der Waals surface area contributed by atoms with E-state index in [9.17, 15) is 23.2 Å². The molecule has 2 aromatic carbocycles. The number of amides is 2. The first-order chi connectivity index (χ1) is 16.6. The van der Waals surface area contributed by atoms with E-state index in [0.29, 0.717) is 17.0 Å². The van der Waals surface area contributed by atoms with Gasteiger partial charge in [0, 0.05) is 38.9 Å². The first-order valence-electron chi connectivity index (χ1n) is 10.8. The topological polar surface area (TPSA) is 119 Å². The van der Waals surface area contributed by atoms with Gasteiger partial charge in [-0.3, -0.25) is 14.8 Å². The summed E-state index contributed by atoms with van der Waals surface area (Å²) in [7, 11) is -0.549. The molecule has 1 atom stereocenters. The maximum absolute atomic E-state index is 13.7. The van der Waals surface area contributed by atoms with Crippen molar-refractivity contribution in [3.05, 3.63) is 48.0 Å². The van der Waals surface area contributed by atoms with Crippen LogP contribution in [0, 0.1) is 11.8 Å². The summed E-state index contributed by atoms with van der Waals surface area (Å²) in [5, 5.41) is 9.37. The molecule has 0 spiro atoms. The molecule has 0 aliphatic carbocycles. The van der Waals surface area contributed by atoms with Gasteiger partial charge in [-0.1, -0.05) is 5.92 Å². The van der Waals surface area contributed by atoms with Gasteiger partial charge in [-0.05, 0) is 55.0 Å². The predicted molar refractivity (Wildman–Crippen MR) is 131 cm³/mol. The number of carbonyl (C=O) groups is 2. The van der Waals surface area contributed by atoms with Gasteiger partial charge in [0.05, 0.1) is 11.4 Å². The van der Waals surface area contributed by atoms with E-state index in [2.05, 4.69) is 11.8 Å². The van der Waals surface area contributed by atoms with E-state index < -0.39 is 22.0 Å². The van der Waals surface area contributed by atoms with Gasteiger partial charge in [-0.25, -0.2) is 13.9 Å². The lowest BCUT2D eigenvalue weighted by Crippen LogP contribution is -2.53. The third-order valence-electron chi connectivity index (χ3n) is 5.61. The van der Waals surface area contributed by atoms with Crippen molar-refractivity contribution < 1.29 is 28.0 Å². The van der Waals surface area contributed by atoms with Crippen LogP contribution >= 0.6 is 0 Å². The Morgan fingerprint density at radius 2 is 1.89 bits per heavy atom. The summed E-state index contributed by atoms with van der Waals surface area (Å²) in [4.78, 5) is 28.3. The highest BCUT2D eigenvalue weighted by molar-refractivity contribution is 7.89. The number of hydrogen-bond acceptors (Lipinski definition) is 7. The van der Waals surface area contributed by atoms with E-state index in [1.54, 1.807) is 24.5 Å². The molecular formula is C24H28N4O6S. The molecule has 0 saturated carbocycles. The monoisotopic (exact) mass is 500 g/mol. The average molecular weight is 501 g/mol. The molecule has 0 aromatic heterocycles. The molecule has 10 nitrogen and oxygen atoms in total. The summed E-state index contributed by atoms with van der Waals surface area (Å²) in [5.41, 5.74) is 3.38. The fourth-order valence-corrected chi connectivity index (χ4v) is 5.31. The molecule has 2 amide bonds. The van der Waals surface area contributed by atoms with E-state index in [1.165, 1.54) is 36.1 Å². The van der Waals surface area contributed by atoms with Crippen molar-refractivity contribution in [2.24, 2.45) is 0 Å². The van der Waals surface area contributed by atoms with Crippen molar-refractivity contribution in [1.82, 2.24) is 9.79 Å². The number of fused-ring (bicyclic) bond motifs is 1. The van der Waals surface area contributed by atoms with Crippen LogP contribution in [0.3, 0.4) is 0 Å². The quantitative estimate of drug-likeness (QED) is 0.351. The molecule has 0 fully saturated rings. The number of nitrogens with one attached hydrogen (secondary N) is 1. The molecule has 1 aliphatic rings. The molecule has 2 N–H and O–H groups in total. The maximum atomic E-state index is 13.7.